The molecule has 1 nitrogen and oxygen atoms in total. The van der Waals surface area contributed by atoms with Crippen molar-refractivity contribution in [2.45, 2.75) is 72.8 Å². The quantitative estimate of drug-likeness (QED) is 0.688. The third-order valence-corrected chi connectivity index (χ3v) is 3.50. The number of nitrogens with zero attached hydrogens (tertiary/aromatic N) is 1. The second-order valence-electron chi connectivity index (χ2n) is 7.14. The topological polar surface area (TPSA) is 3.24 Å². The van der Waals surface area contributed by atoms with Crippen molar-refractivity contribution in [2.24, 2.45) is 11.3 Å². The van der Waals surface area contributed by atoms with Crippen molar-refractivity contribution < 1.29 is 0 Å². The first-order valence-electron chi connectivity index (χ1n) is 7.12. The maximum Gasteiger partial charge on any atom is 0.0103 e. The average Bonchev–Trinajstić information content (AvgIpc) is 2.15. The Hall–Kier alpha value is -0.0400. The Morgan fingerprint density at radius 2 is 1.56 bits per heavy atom. The first-order valence-corrected chi connectivity index (χ1v) is 7.12. The lowest BCUT2D eigenvalue weighted by Gasteiger charge is -2.38. The van der Waals surface area contributed by atoms with Crippen LogP contribution < -0.4 is 0 Å². The zero-order chi connectivity index (χ0) is 12.2. The normalized spacial score (nSPS) is 21.4. The van der Waals surface area contributed by atoms with Crippen LogP contribution in [0.1, 0.15) is 66.7 Å². The predicted molar refractivity (Wildman–Crippen MR) is 72.7 cm³/mol. The standard InChI is InChI=1S/C15H31N/c1-13(2)11-14(12-15(3,4)5)16-9-7-6-8-10-16/h13-14H,6-12H2,1-5H3. The highest BCUT2D eigenvalue weighted by atomic mass is 15.2. The molecule has 0 saturated carbocycles. The number of rotatable bonds is 4. The van der Waals surface area contributed by atoms with Gasteiger partial charge in [-0.15, -0.1) is 0 Å². The van der Waals surface area contributed by atoms with Gasteiger partial charge in [-0.2, -0.15) is 0 Å². The van der Waals surface area contributed by atoms with Gasteiger partial charge in [0.1, 0.15) is 0 Å². The van der Waals surface area contributed by atoms with Gasteiger partial charge in [0, 0.05) is 6.04 Å². The molecule has 1 rings (SSSR count). The van der Waals surface area contributed by atoms with E-state index in [0.29, 0.717) is 5.41 Å². The smallest absolute Gasteiger partial charge is 0.0103 e. The third-order valence-electron chi connectivity index (χ3n) is 3.50. The molecule has 1 atom stereocenters. The van der Waals surface area contributed by atoms with E-state index in [-0.39, 0.29) is 0 Å². The van der Waals surface area contributed by atoms with E-state index in [2.05, 4.69) is 39.5 Å². The van der Waals surface area contributed by atoms with Crippen LogP contribution in [0, 0.1) is 11.3 Å². The third kappa shape index (κ3) is 5.34. The minimum absolute atomic E-state index is 0.469. The second-order valence-corrected chi connectivity index (χ2v) is 7.14. The fourth-order valence-electron chi connectivity index (χ4n) is 2.90. The van der Waals surface area contributed by atoms with Gasteiger partial charge in [-0.25, -0.2) is 0 Å². The molecule has 0 aromatic heterocycles. The van der Waals surface area contributed by atoms with Gasteiger partial charge in [-0.3, -0.25) is 0 Å². The molecular formula is C15H31N. The van der Waals surface area contributed by atoms with E-state index in [0.717, 1.165) is 12.0 Å². The minimum Gasteiger partial charge on any atom is -0.300 e. The molecule has 1 fully saturated rings. The summed E-state index contributed by atoms with van der Waals surface area (Å²) in [5.41, 5.74) is 0.469. The fourth-order valence-corrected chi connectivity index (χ4v) is 2.90. The van der Waals surface area contributed by atoms with E-state index in [9.17, 15) is 0 Å². The summed E-state index contributed by atoms with van der Waals surface area (Å²) in [6.45, 7) is 14.5. The van der Waals surface area contributed by atoms with Gasteiger partial charge in [-0.05, 0) is 50.1 Å². The van der Waals surface area contributed by atoms with Crippen molar-refractivity contribution in [3.8, 4) is 0 Å². The minimum atomic E-state index is 0.469. The molecule has 1 heterocycles. The molecule has 0 aromatic rings. The van der Waals surface area contributed by atoms with E-state index in [1.54, 1.807) is 0 Å². The Balaban J connectivity index is 2.54. The first-order chi connectivity index (χ1) is 7.38. The molecule has 0 spiro atoms. The highest BCUT2D eigenvalue weighted by Gasteiger charge is 2.25. The zero-order valence-corrected chi connectivity index (χ0v) is 12.1. The molecule has 1 heteroatoms. The Morgan fingerprint density at radius 1 is 1.00 bits per heavy atom. The van der Waals surface area contributed by atoms with Crippen LogP contribution in [-0.2, 0) is 0 Å². The lowest BCUT2D eigenvalue weighted by atomic mass is 9.84. The molecule has 0 aromatic carbocycles. The van der Waals surface area contributed by atoms with Crippen LogP contribution in [0.5, 0.6) is 0 Å². The molecule has 0 radical (unpaired) electrons. The van der Waals surface area contributed by atoms with E-state index in [1.807, 2.05) is 0 Å². The van der Waals surface area contributed by atoms with Gasteiger partial charge in [-0.1, -0.05) is 41.0 Å². The predicted octanol–water partition coefficient (Wildman–Crippen LogP) is 4.32. The van der Waals surface area contributed by atoms with Crippen molar-refractivity contribution >= 4 is 0 Å². The van der Waals surface area contributed by atoms with Crippen molar-refractivity contribution in [2.75, 3.05) is 13.1 Å². The van der Waals surface area contributed by atoms with Crippen molar-refractivity contribution in [3.63, 3.8) is 0 Å². The maximum absolute atomic E-state index is 2.76. The second kappa shape index (κ2) is 6.05. The maximum atomic E-state index is 2.76. The highest BCUT2D eigenvalue weighted by molar-refractivity contribution is 4.80. The molecule has 1 saturated heterocycles. The summed E-state index contributed by atoms with van der Waals surface area (Å²) in [6, 6.07) is 0.820. The molecule has 1 unspecified atom stereocenters. The summed E-state index contributed by atoms with van der Waals surface area (Å²) in [5.74, 6) is 0.828. The Labute approximate surface area is 103 Å². The van der Waals surface area contributed by atoms with Crippen molar-refractivity contribution in [1.29, 1.82) is 0 Å². The first kappa shape index (κ1) is 14.0. The van der Waals surface area contributed by atoms with Crippen LogP contribution in [0.25, 0.3) is 0 Å². The van der Waals surface area contributed by atoms with Crippen LogP contribution >= 0.6 is 0 Å². The fraction of sp³-hybridized carbons (Fsp3) is 1.00. The average molecular weight is 225 g/mol. The van der Waals surface area contributed by atoms with Gasteiger partial charge < -0.3 is 4.90 Å². The van der Waals surface area contributed by atoms with E-state index in [4.69, 9.17) is 0 Å². The molecule has 96 valence electrons. The van der Waals surface area contributed by atoms with Gasteiger partial charge in [0.15, 0.2) is 0 Å². The van der Waals surface area contributed by atoms with Crippen LogP contribution in [-0.4, -0.2) is 24.0 Å². The van der Waals surface area contributed by atoms with Crippen LogP contribution in [0.15, 0.2) is 0 Å². The lowest BCUT2D eigenvalue weighted by molar-refractivity contribution is 0.109. The molecule has 0 N–H and O–H groups in total. The summed E-state index contributed by atoms with van der Waals surface area (Å²) in [6.07, 6.45) is 7.00. The van der Waals surface area contributed by atoms with Gasteiger partial charge in [0.25, 0.3) is 0 Å². The number of hydrogen-bond acceptors (Lipinski definition) is 1. The van der Waals surface area contributed by atoms with Crippen LogP contribution in [0.2, 0.25) is 0 Å². The Kier molecular flexibility index (Phi) is 5.30. The molecule has 1 aliphatic heterocycles. The summed E-state index contributed by atoms with van der Waals surface area (Å²) in [4.78, 5) is 2.76. The molecule has 0 amide bonds. The van der Waals surface area contributed by atoms with E-state index >= 15 is 0 Å². The van der Waals surface area contributed by atoms with Gasteiger partial charge >= 0.3 is 0 Å². The van der Waals surface area contributed by atoms with Crippen LogP contribution in [0.3, 0.4) is 0 Å². The van der Waals surface area contributed by atoms with Crippen LogP contribution in [0.4, 0.5) is 0 Å². The SMILES string of the molecule is CC(C)CC(CC(C)(C)C)N1CCCCC1. The summed E-state index contributed by atoms with van der Waals surface area (Å²) in [5, 5.41) is 0. The summed E-state index contributed by atoms with van der Waals surface area (Å²) in [7, 11) is 0. The summed E-state index contributed by atoms with van der Waals surface area (Å²) >= 11 is 0. The molecule has 16 heavy (non-hydrogen) atoms. The molecule has 0 bridgehead atoms. The number of likely N-dealkylation sites (tertiary alicyclic amines) is 1. The Bertz CT molecular complexity index is 184. The zero-order valence-electron chi connectivity index (χ0n) is 12.1. The summed E-state index contributed by atoms with van der Waals surface area (Å²) < 4.78 is 0. The van der Waals surface area contributed by atoms with Gasteiger partial charge in [0.05, 0.1) is 0 Å². The molecule has 0 aliphatic carbocycles. The van der Waals surface area contributed by atoms with Crippen molar-refractivity contribution in [3.05, 3.63) is 0 Å². The number of hydrogen-bond donors (Lipinski definition) is 0. The van der Waals surface area contributed by atoms with Gasteiger partial charge in [0.2, 0.25) is 0 Å². The van der Waals surface area contributed by atoms with E-state index in [1.165, 1.54) is 45.2 Å². The number of piperidine rings is 1. The largest absolute Gasteiger partial charge is 0.300 e. The molecule has 1 aliphatic rings. The monoisotopic (exact) mass is 225 g/mol. The highest BCUT2D eigenvalue weighted by Crippen LogP contribution is 2.28. The van der Waals surface area contributed by atoms with E-state index < -0.39 is 0 Å². The van der Waals surface area contributed by atoms with Crippen molar-refractivity contribution in [1.82, 2.24) is 4.90 Å². The molecular weight excluding hydrogens is 194 g/mol. The lowest BCUT2D eigenvalue weighted by Crippen LogP contribution is -2.41. The Morgan fingerprint density at radius 3 is 2.00 bits per heavy atom.